The number of hydrogen-bond acceptors (Lipinski definition) is 5. The first kappa shape index (κ1) is 16.7. The molecule has 0 radical (unpaired) electrons. The first-order chi connectivity index (χ1) is 14.0. The van der Waals surface area contributed by atoms with Crippen LogP contribution in [0.4, 0.5) is 10.2 Å². The van der Waals surface area contributed by atoms with Crippen molar-refractivity contribution in [1.29, 1.82) is 0 Å². The molecular weight excluding hydrogens is 375 g/mol. The van der Waals surface area contributed by atoms with E-state index in [4.69, 9.17) is 4.98 Å². The maximum Gasteiger partial charge on any atom is 0.256 e. The topological polar surface area (TPSA) is 84.5 Å². The van der Waals surface area contributed by atoms with Crippen molar-refractivity contribution in [3.63, 3.8) is 0 Å². The van der Waals surface area contributed by atoms with Crippen LogP contribution in [0.1, 0.15) is 41.3 Å². The number of piperidine rings is 1. The summed E-state index contributed by atoms with van der Waals surface area (Å²) in [6.07, 6.45) is 5.52. The van der Waals surface area contributed by atoms with Gasteiger partial charge in [0.25, 0.3) is 11.5 Å². The molecule has 148 valence electrons. The number of nitrogens with one attached hydrogen (secondary N) is 1. The average molecular weight is 394 g/mol. The van der Waals surface area contributed by atoms with Crippen molar-refractivity contribution in [1.82, 2.24) is 24.5 Å². The van der Waals surface area contributed by atoms with Crippen molar-refractivity contribution in [2.45, 2.75) is 25.4 Å². The molecule has 1 aliphatic carbocycles. The summed E-state index contributed by atoms with van der Waals surface area (Å²) in [6, 6.07) is 2.59. The maximum absolute atomic E-state index is 14.5. The second kappa shape index (κ2) is 5.65. The molecule has 1 unspecified atom stereocenters. The summed E-state index contributed by atoms with van der Waals surface area (Å²) in [5, 5.41) is 7.05. The van der Waals surface area contributed by atoms with Crippen molar-refractivity contribution in [2.75, 3.05) is 18.0 Å². The largest absolute Gasteiger partial charge is 0.350 e. The molecule has 1 N–H and O–H groups in total. The van der Waals surface area contributed by atoms with Gasteiger partial charge in [-0.25, -0.2) is 13.9 Å². The molecule has 3 aromatic rings. The first-order valence-corrected chi connectivity index (χ1v) is 9.82. The summed E-state index contributed by atoms with van der Waals surface area (Å²) < 4.78 is 17.5. The van der Waals surface area contributed by atoms with Gasteiger partial charge in [0.05, 0.1) is 18.3 Å². The Balaban J connectivity index is 1.60. The molecule has 5 heterocycles. The quantitative estimate of drug-likeness (QED) is 0.625. The van der Waals surface area contributed by atoms with Crippen LogP contribution in [0.3, 0.4) is 0 Å². The zero-order chi connectivity index (χ0) is 19.9. The minimum atomic E-state index is -0.447. The van der Waals surface area contributed by atoms with E-state index in [0.29, 0.717) is 34.4 Å². The van der Waals surface area contributed by atoms with Gasteiger partial charge in [0, 0.05) is 31.0 Å². The molecule has 3 aromatic heterocycles. The summed E-state index contributed by atoms with van der Waals surface area (Å²) in [6.45, 7) is 2.75. The molecule has 0 aromatic carbocycles. The van der Waals surface area contributed by atoms with Crippen LogP contribution in [0.5, 0.6) is 0 Å². The van der Waals surface area contributed by atoms with E-state index in [0.717, 1.165) is 13.0 Å². The Kier molecular flexibility index (Phi) is 3.25. The van der Waals surface area contributed by atoms with Crippen LogP contribution >= 0.6 is 0 Å². The smallest absolute Gasteiger partial charge is 0.256 e. The lowest BCUT2D eigenvalue weighted by atomic mass is 10.0. The van der Waals surface area contributed by atoms with E-state index in [1.54, 1.807) is 17.6 Å². The second-order valence-corrected chi connectivity index (χ2v) is 8.25. The first-order valence-electron chi connectivity index (χ1n) is 9.82. The van der Waals surface area contributed by atoms with Gasteiger partial charge in [-0.3, -0.25) is 9.59 Å². The van der Waals surface area contributed by atoms with Gasteiger partial charge in [0.2, 0.25) is 0 Å². The molecule has 6 rings (SSSR count). The molecule has 2 aliphatic heterocycles. The Labute approximate surface area is 165 Å². The molecule has 4 atom stereocenters. The van der Waals surface area contributed by atoms with E-state index in [2.05, 4.69) is 15.3 Å². The number of nitrogens with zero attached hydrogens (tertiary/aromatic N) is 5. The third-order valence-electron chi connectivity index (χ3n) is 6.43. The van der Waals surface area contributed by atoms with E-state index in [1.165, 1.54) is 23.0 Å². The molecule has 1 amide bonds. The highest BCUT2D eigenvalue weighted by Crippen LogP contribution is 2.56. The molecule has 1 saturated heterocycles. The van der Waals surface area contributed by atoms with Gasteiger partial charge in [-0.15, -0.1) is 0 Å². The fourth-order valence-electron chi connectivity index (χ4n) is 4.84. The van der Waals surface area contributed by atoms with Crippen LogP contribution in [-0.4, -0.2) is 38.2 Å². The minimum absolute atomic E-state index is 0.194. The number of halogens is 1. The van der Waals surface area contributed by atoms with Crippen LogP contribution in [0.15, 0.2) is 35.5 Å². The fourth-order valence-corrected chi connectivity index (χ4v) is 4.84. The monoisotopic (exact) mass is 394 g/mol. The van der Waals surface area contributed by atoms with Gasteiger partial charge in [0.1, 0.15) is 17.2 Å². The van der Waals surface area contributed by atoms with Gasteiger partial charge in [-0.05, 0) is 37.3 Å². The van der Waals surface area contributed by atoms with Gasteiger partial charge < -0.3 is 14.8 Å². The van der Waals surface area contributed by atoms with Gasteiger partial charge in [-0.1, -0.05) is 0 Å². The van der Waals surface area contributed by atoms with E-state index >= 15 is 0 Å². The third kappa shape index (κ3) is 2.36. The van der Waals surface area contributed by atoms with Gasteiger partial charge in [0.15, 0.2) is 5.65 Å². The Bertz CT molecular complexity index is 1230. The predicted octanol–water partition coefficient (Wildman–Crippen LogP) is 1.53. The molecule has 29 heavy (non-hydrogen) atoms. The number of amides is 1. The highest BCUT2D eigenvalue weighted by Gasteiger charge is 2.54. The third-order valence-corrected chi connectivity index (χ3v) is 6.43. The number of anilines is 1. The van der Waals surface area contributed by atoms with Crippen LogP contribution in [0, 0.1) is 17.7 Å². The van der Waals surface area contributed by atoms with Crippen molar-refractivity contribution in [2.24, 2.45) is 11.8 Å². The number of hydrogen-bond donors (Lipinski definition) is 1. The molecule has 0 spiro atoms. The number of carbonyl (C=O) groups excluding carboxylic acids is 1. The minimum Gasteiger partial charge on any atom is -0.350 e. The zero-order valence-corrected chi connectivity index (χ0v) is 15.7. The number of aromatic nitrogens is 4. The molecule has 8 nitrogen and oxygen atoms in total. The second-order valence-electron chi connectivity index (χ2n) is 8.25. The highest BCUT2D eigenvalue weighted by molar-refractivity contribution is 5.99. The summed E-state index contributed by atoms with van der Waals surface area (Å²) >= 11 is 0. The lowest BCUT2D eigenvalue weighted by molar-refractivity contribution is 0.0950. The lowest BCUT2D eigenvalue weighted by Gasteiger charge is -2.29. The molecule has 1 saturated carbocycles. The van der Waals surface area contributed by atoms with E-state index in [-0.39, 0.29) is 24.1 Å². The van der Waals surface area contributed by atoms with E-state index in [1.807, 2.05) is 6.07 Å². The number of rotatable bonds is 0. The van der Waals surface area contributed by atoms with Crippen LogP contribution in [0.2, 0.25) is 0 Å². The Morgan fingerprint density at radius 2 is 2.17 bits per heavy atom. The van der Waals surface area contributed by atoms with E-state index in [9.17, 15) is 14.0 Å². The van der Waals surface area contributed by atoms with Gasteiger partial charge >= 0.3 is 0 Å². The molecule has 4 bridgehead atoms. The van der Waals surface area contributed by atoms with E-state index < -0.39 is 11.9 Å². The number of fused-ring (bicyclic) bond motifs is 8. The number of carbonyl (C=O) groups is 1. The van der Waals surface area contributed by atoms with Crippen LogP contribution in [-0.2, 0) is 0 Å². The van der Waals surface area contributed by atoms with Crippen molar-refractivity contribution in [3.8, 4) is 0 Å². The number of pyridine rings is 1. The fraction of sp³-hybridized carbons (Fsp3) is 0.400. The summed E-state index contributed by atoms with van der Waals surface area (Å²) in [5.41, 5.74) is 1.10. The lowest BCUT2D eigenvalue weighted by Crippen LogP contribution is -2.37. The molecular formula is C20H19FN6O2. The summed E-state index contributed by atoms with van der Waals surface area (Å²) in [4.78, 5) is 32.8. The van der Waals surface area contributed by atoms with Crippen molar-refractivity contribution in [3.05, 3.63) is 58.0 Å². The predicted molar refractivity (Wildman–Crippen MR) is 102 cm³/mol. The molecule has 3 aliphatic rings. The molecule has 9 heteroatoms. The average Bonchev–Trinajstić information content (AvgIpc) is 3.18. The maximum atomic E-state index is 14.5. The Morgan fingerprint density at radius 1 is 1.31 bits per heavy atom. The van der Waals surface area contributed by atoms with Gasteiger partial charge in [-0.2, -0.15) is 5.10 Å². The summed E-state index contributed by atoms with van der Waals surface area (Å²) in [7, 11) is 0. The van der Waals surface area contributed by atoms with Crippen LogP contribution in [0.25, 0.3) is 5.65 Å². The summed E-state index contributed by atoms with van der Waals surface area (Å²) in [5.74, 6) is 0.706. The standard InChI is InChI=1S/C20H19FN6O2/c1-10-6-22-19(28)15-7-23-27-3-2-16(24-18(15)27)26-8-11-4-13(11)17(26)14-5-12(21)9-25(10)20(14)29/h2-3,5,7,9-11,13,17H,4,6,8H2,1H3,(H,22,28)/t10-,11?,13-,17-/m0/s1. The SMILES string of the molecule is C[C@H]1CNC(=O)c2cnn3ccc(nc23)N2CC3C[C@@H]3[C@H]2c2cc(F)cn1c2=O. The Morgan fingerprint density at radius 3 is 3.03 bits per heavy atom. The molecule has 2 fully saturated rings. The Hall–Kier alpha value is -3.23. The van der Waals surface area contributed by atoms with Crippen LogP contribution < -0.4 is 15.8 Å². The van der Waals surface area contributed by atoms with Crippen molar-refractivity contribution >= 4 is 17.4 Å². The van der Waals surface area contributed by atoms with Crippen molar-refractivity contribution < 1.29 is 9.18 Å². The normalized spacial score (nSPS) is 27.7. The highest BCUT2D eigenvalue weighted by atomic mass is 19.1. The zero-order valence-electron chi connectivity index (χ0n) is 15.7.